The molecule has 1 rings (SSSR count). The summed E-state index contributed by atoms with van der Waals surface area (Å²) in [7, 11) is 1.98. The predicted molar refractivity (Wildman–Crippen MR) is 63.1 cm³/mol. The van der Waals surface area contributed by atoms with Crippen molar-refractivity contribution in [3.8, 4) is 0 Å². The van der Waals surface area contributed by atoms with Crippen molar-refractivity contribution in [2.45, 2.75) is 38.8 Å². The van der Waals surface area contributed by atoms with Crippen LogP contribution in [0.4, 0.5) is 0 Å². The first-order chi connectivity index (χ1) is 7.24. The Balaban J connectivity index is 2.26. The highest BCUT2D eigenvalue weighted by Gasteiger charge is 1.98. The summed E-state index contributed by atoms with van der Waals surface area (Å²) in [4.78, 5) is 11.4. The summed E-state index contributed by atoms with van der Waals surface area (Å²) >= 11 is 0. The standard InChI is InChI=1S/C12H20N2O/c1-11(13-2)7-3-5-9-14-10-6-4-8-12(14)15/h4,6,8,10-11,13H,3,5,7,9H2,1-2H3. The van der Waals surface area contributed by atoms with Crippen molar-refractivity contribution in [1.82, 2.24) is 9.88 Å². The lowest BCUT2D eigenvalue weighted by molar-refractivity contribution is 0.501. The van der Waals surface area contributed by atoms with Crippen molar-refractivity contribution < 1.29 is 0 Å². The molecule has 0 radical (unpaired) electrons. The number of hydrogen-bond acceptors (Lipinski definition) is 2. The van der Waals surface area contributed by atoms with Crippen molar-refractivity contribution in [2.75, 3.05) is 7.05 Å². The molecule has 0 aliphatic heterocycles. The molecule has 0 aromatic carbocycles. The predicted octanol–water partition coefficient (Wildman–Crippen LogP) is 1.63. The van der Waals surface area contributed by atoms with E-state index >= 15 is 0 Å². The first-order valence-electron chi connectivity index (χ1n) is 5.57. The third-order valence-corrected chi connectivity index (χ3v) is 2.68. The van der Waals surface area contributed by atoms with Crippen LogP contribution in [0.25, 0.3) is 0 Å². The first-order valence-corrected chi connectivity index (χ1v) is 5.57. The van der Waals surface area contributed by atoms with Gasteiger partial charge in [-0.05, 0) is 32.9 Å². The monoisotopic (exact) mass is 208 g/mol. The largest absolute Gasteiger partial charge is 0.317 e. The molecule has 1 aromatic heterocycles. The van der Waals surface area contributed by atoms with Crippen LogP contribution in [0, 0.1) is 0 Å². The van der Waals surface area contributed by atoms with E-state index in [4.69, 9.17) is 0 Å². The van der Waals surface area contributed by atoms with E-state index in [1.807, 2.05) is 19.3 Å². The molecule has 0 saturated carbocycles. The van der Waals surface area contributed by atoms with Gasteiger partial charge in [-0.3, -0.25) is 4.79 Å². The van der Waals surface area contributed by atoms with Crippen molar-refractivity contribution >= 4 is 0 Å². The van der Waals surface area contributed by atoms with Crippen LogP contribution in [0.1, 0.15) is 26.2 Å². The van der Waals surface area contributed by atoms with E-state index in [1.54, 1.807) is 16.7 Å². The SMILES string of the molecule is CNC(C)CCCCn1ccccc1=O. The summed E-state index contributed by atoms with van der Waals surface area (Å²) in [5.41, 5.74) is 0.0964. The van der Waals surface area contributed by atoms with Gasteiger partial charge >= 0.3 is 0 Å². The van der Waals surface area contributed by atoms with E-state index in [0.29, 0.717) is 6.04 Å². The Morgan fingerprint density at radius 3 is 2.87 bits per heavy atom. The Hall–Kier alpha value is -1.09. The van der Waals surface area contributed by atoms with Gasteiger partial charge in [0.1, 0.15) is 0 Å². The molecular formula is C12H20N2O. The van der Waals surface area contributed by atoms with E-state index in [9.17, 15) is 4.79 Å². The number of aryl methyl sites for hydroxylation is 1. The van der Waals surface area contributed by atoms with Gasteiger partial charge in [-0.1, -0.05) is 12.5 Å². The highest BCUT2D eigenvalue weighted by atomic mass is 16.1. The fourth-order valence-electron chi connectivity index (χ4n) is 1.52. The van der Waals surface area contributed by atoms with Gasteiger partial charge < -0.3 is 9.88 Å². The summed E-state index contributed by atoms with van der Waals surface area (Å²) in [6.45, 7) is 3.00. The second-order valence-corrected chi connectivity index (χ2v) is 3.92. The van der Waals surface area contributed by atoms with Crippen LogP contribution in [0.15, 0.2) is 29.2 Å². The third kappa shape index (κ3) is 4.30. The Morgan fingerprint density at radius 2 is 2.20 bits per heavy atom. The van der Waals surface area contributed by atoms with Gasteiger partial charge in [0.15, 0.2) is 0 Å². The van der Waals surface area contributed by atoms with Crippen molar-refractivity contribution in [1.29, 1.82) is 0 Å². The molecule has 1 aromatic rings. The zero-order chi connectivity index (χ0) is 11.1. The van der Waals surface area contributed by atoms with E-state index < -0.39 is 0 Å². The zero-order valence-electron chi connectivity index (χ0n) is 9.57. The average molecular weight is 208 g/mol. The molecular weight excluding hydrogens is 188 g/mol. The Morgan fingerprint density at radius 1 is 1.40 bits per heavy atom. The molecule has 15 heavy (non-hydrogen) atoms. The maximum absolute atomic E-state index is 11.4. The molecule has 0 spiro atoms. The lowest BCUT2D eigenvalue weighted by Gasteiger charge is -2.09. The van der Waals surface area contributed by atoms with Crippen molar-refractivity contribution in [3.63, 3.8) is 0 Å². The fraction of sp³-hybridized carbons (Fsp3) is 0.583. The first kappa shape index (κ1) is 12.0. The quantitative estimate of drug-likeness (QED) is 0.721. The number of nitrogens with one attached hydrogen (secondary N) is 1. The normalized spacial score (nSPS) is 12.7. The molecule has 1 N–H and O–H groups in total. The molecule has 0 aliphatic carbocycles. The van der Waals surface area contributed by atoms with E-state index in [2.05, 4.69) is 12.2 Å². The van der Waals surface area contributed by atoms with Gasteiger partial charge in [0.2, 0.25) is 5.56 Å². The minimum Gasteiger partial charge on any atom is -0.317 e. The molecule has 0 bridgehead atoms. The molecule has 1 unspecified atom stereocenters. The molecule has 0 fully saturated rings. The maximum atomic E-state index is 11.4. The molecule has 0 saturated heterocycles. The molecule has 1 heterocycles. The molecule has 0 amide bonds. The van der Waals surface area contributed by atoms with Crippen LogP contribution in [0.2, 0.25) is 0 Å². The van der Waals surface area contributed by atoms with Gasteiger partial charge in [-0.25, -0.2) is 0 Å². The van der Waals surface area contributed by atoms with Crippen LogP contribution in [-0.2, 0) is 6.54 Å². The molecule has 3 heteroatoms. The second-order valence-electron chi connectivity index (χ2n) is 3.92. The molecule has 0 aliphatic rings. The van der Waals surface area contributed by atoms with Gasteiger partial charge in [0.25, 0.3) is 0 Å². The lowest BCUT2D eigenvalue weighted by atomic mass is 10.1. The van der Waals surface area contributed by atoms with Crippen molar-refractivity contribution in [2.24, 2.45) is 0 Å². The van der Waals surface area contributed by atoms with Crippen LogP contribution >= 0.6 is 0 Å². The van der Waals surface area contributed by atoms with E-state index in [-0.39, 0.29) is 5.56 Å². The van der Waals surface area contributed by atoms with Crippen LogP contribution in [0.3, 0.4) is 0 Å². The van der Waals surface area contributed by atoms with Gasteiger partial charge in [0, 0.05) is 24.8 Å². The number of aromatic nitrogens is 1. The Bertz CT molecular complexity index is 332. The number of hydrogen-bond donors (Lipinski definition) is 1. The van der Waals surface area contributed by atoms with Crippen molar-refractivity contribution in [3.05, 3.63) is 34.7 Å². The van der Waals surface area contributed by atoms with Gasteiger partial charge in [-0.15, -0.1) is 0 Å². The average Bonchev–Trinajstić information content (AvgIpc) is 2.26. The Labute approximate surface area is 91.1 Å². The number of rotatable bonds is 6. The van der Waals surface area contributed by atoms with Crippen LogP contribution in [-0.4, -0.2) is 17.7 Å². The minimum atomic E-state index is 0.0964. The number of unbranched alkanes of at least 4 members (excludes halogenated alkanes) is 1. The number of pyridine rings is 1. The summed E-state index contributed by atoms with van der Waals surface area (Å²) in [6.07, 6.45) is 5.24. The molecule has 3 nitrogen and oxygen atoms in total. The van der Waals surface area contributed by atoms with Crippen LogP contribution in [0.5, 0.6) is 0 Å². The Kier molecular flexibility index (Phi) is 5.12. The maximum Gasteiger partial charge on any atom is 0.250 e. The summed E-state index contributed by atoms with van der Waals surface area (Å²) in [5, 5.41) is 3.21. The lowest BCUT2D eigenvalue weighted by Crippen LogP contribution is -2.21. The van der Waals surface area contributed by atoms with E-state index in [1.165, 1.54) is 0 Å². The zero-order valence-corrected chi connectivity index (χ0v) is 9.57. The summed E-state index contributed by atoms with van der Waals surface area (Å²) in [6, 6.07) is 5.85. The molecule has 1 atom stereocenters. The molecule has 84 valence electrons. The highest BCUT2D eigenvalue weighted by molar-refractivity contribution is 4.92. The van der Waals surface area contributed by atoms with Gasteiger partial charge in [-0.2, -0.15) is 0 Å². The minimum absolute atomic E-state index is 0.0964. The van der Waals surface area contributed by atoms with Crippen LogP contribution < -0.4 is 10.9 Å². The van der Waals surface area contributed by atoms with E-state index in [0.717, 1.165) is 25.8 Å². The third-order valence-electron chi connectivity index (χ3n) is 2.68. The smallest absolute Gasteiger partial charge is 0.250 e. The number of nitrogens with zero attached hydrogens (tertiary/aromatic N) is 1. The van der Waals surface area contributed by atoms with Gasteiger partial charge in [0.05, 0.1) is 0 Å². The second kappa shape index (κ2) is 6.40. The highest BCUT2D eigenvalue weighted by Crippen LogP contribution is 2.01. The summed E-state index contributed by atoms with van der Waals surface area (Å²) < 4.78 is 1.77. The summed E-state index contributed by atoms with van der Waals surface area (Å²) in [5.74, 6) is 0. The topological polar surface area (TPSA) is 34.0 Å². The fourth-order valence-corrected chi connectivity index (χ4v) is 1.52.